The van der Waals surface area contributed by atoms with E-state index in [0.29, 0.717) is 13.0 Å². The Kier molecular flexibility index (Phi) is 4.63. The van der Waals surface area contributed by atoms with Crippen molar-refractivity contribution in [2.24, 2.45) is 0 Å². The first-order valence-electron chi connectivity index (χ1n) is 6.30. The van der Waals surface area contributed by atoms with E-state index >= 15 is 0 Å². The second kappa shape index (κ2) is 6.43. The Balaban J connectivity index is 2.11. The highest BCUT2D eigenvalue weighted by Gasteiger charge is 2.15. The Morgan fingerprint density at radius 2 is 1.70 bits per heavy atom. The maximum atomic E-state index is 13.9. The number of anilines is 1. The van der Waals surface area contributed by atoms with E-state index in [-0.39, 0.29) is 17.9 Å². The third-order valence-corrected chi connectivity index (χ3v) is 3.13. The second-order valence-corrected chi connectivity index (χ2v) is 4.59. The molecule has 106 valence electrons. The molecule has 0 atom stereocenters. The van der Waals surface area contributed by atoms with E-state index in [1.165, 1.54) is 4.90 Å². The first-order valence-corrected chi connectivity index (χ1v) is 6.30. The molecule has 0 saturated carbocycles. The summed E-state index contributed by atoms with van der Waals surface area (Å²) in [5, 5.41) is 8.92. The highest BCUT2D eigenvalue weighted by atomic mass is 19.1. The summed E-state index contributed by atoms with van der Waals surface area (Å²) in [6, 6.07) is 6.05. The van der Waals surface area contributed by atoms with Gasteiger partial charge in [0.2, 0.25) is 0 Å². The van der Waals surface area contributed by atoms with Gasteiger partial charge in [0.15, 0.2) is 0 Å². The van der Waals surface area contributed by atoms with Crippen molar-refractivity contribution in [2.45, 2.75) is 13.0 Å². The van der Waals surface area contributed by atoms with Crippen LogP contribution in [0.15, 0.2) is 36.7 Å². The number of hydrogen-bond acceptors (Lipinski definition) is 3. The fraction of sp³-hybridized carbons (Fsp3) is 0.267. The molecule has 2 aromatic rings. The number of aliphatic hydroxyl groups excluding tert-OH is 1. The quantitative estimate of drug-likeness (QED) is 0.913. The zero-order chi connectivity index (χ0) is 14.5. The van der Waals surface area contributed by atoms with Crippen molar-refractivity contribution in [1.82, 2.24) is 4.98 Å². The van der Waals surface area contributed by atoms with Gasteiger partial charge in [0, 0.05) is 26.0 Å². The number of nitrogens with zero attached hydrogens (tertiary/aromatic N) is 2. The molecule has 0 aliphatic rings. The van der Waals surface area contributed by atoms with Crippen LogP contribution in [0.4, 0.5) is 14.5 Å². The highest BCUT2D eigenvalue weighted by molar-refractivity contribution is 5.50. The van der Waals surface area contributed by atoms with E-state index in [4.69, 9.17) is 5.11 Å². The van der Waals surface area contributed by atoms with Crippen LogP contribution in [0.2, 0.25) is 0 Å². The van der Waals surface area contributed by atoms with Crippen LogP contribution in [-0.2, 0) is 13.0 Å². The van der Waals surface area contributed by atoms with Crippen molar-refractivity contribution >= 4 is 5.69 Å². The molecular formula is C15H16F2N2O. The lowest BCUT2D eigenvalue weighted by atomic mass is 10.1. The molecule has 0 aliphatic carbocycles. The molecule has 1 aromatic carbocycles. The molecule has 3 nitrogen and oxygen atoms in total. The lowest BCUT2D eigenvalue weighted by Crippen LogP contribution is -2.23. The van der Waals surface area contributed by atoms with Crippen LogP contribution in [0, 0.1) is 11.6 Å². The molecular weight excluding hydrogens is 262 g/mol. The fourth-order valence-electron chi connectivity index (χ4n) is 2.03. The molecule has 0 bridgehead atoms. The summed E-state index contributed by atoms with van der Waals surface area (Å²) in [7, 11) is 1.64. The van der Waals surface area contributed by atoms with Gasteiger partial charge in [-0.25, -0.2) is 8.78 Å². The summed E-state index contributed by atoms with van der Waals surface area (Å²) in [6.45, 7) is 0.102. The number of aromatic nitrogens is 1. The Hall–Kier alpha value is -2.01. The first kappa shape index (κ1) is 14.4. The summed E-state index contributed by atoms with van der Waals surface area (Å²) < 4.78 is 27.7. The van der Waals surface area contributed by atoms with Crippen LogP contribution < -0.4 is 4.90 Å². The molecule has 20 heavy (non-hydrogen) atoms. The van der Waals surface area contributed by atoms with Crippen molar-refractivity contribution in [3.8, 4) is 0 Å². The molecule has 5 heteroatoms. The van der Waals surface area contributed by atoms with Gasteiger partial charge in [-0.15, -0.1) is 0 Å². The van der Waals surface area contributed by atoms with E-state index in [1.807, 2.05) is 12.1 Å². The zero-order valence-electron chi connectivity index (χ0n) is 11.2. The first-order chi connectivity index (χ1) is 9.61. The summed E-state index contributed by atoms with van der Waals surface area (Å²) in [5.74, 6) is -1.32. The minimum atomic E-state index is -0.661. The smallest absolute Gasteiger partial charge is 0.149 e. The molecule has 0 radical (unpaired) electrons. The lowest BCUT2D eigenvalue weighted by molar-refractivity contribution is 0.280. The standard InChI is InChI=1S/C15H16F2N2O/c1-19(7-4-11-2-5-18-6-3-11)15-13(16)8-12(10-20)9-14(15)17/h2-3,5-6,8-9,20H,4,7,10H2,1H3. The monoisotopic (exact) mass is 278 g/mol. The number of halogens is 2. The van der Waals surface area contributed by atoms with Crippen molar-refractivity contribution in [1.29, 1.82) is 0 Å². The van der Waals surface area contributed by atoms with Crippen LogP contribution in [0.3, 0.4) is 0 Å². The normalized spacial score (nSPS) is 10.6. The average molecular weight is 278 g/mol. The molecule has 0 saturated heterocycles. The fourth-order valence-corrected chi connectivity index (χ4v) is 2.03. The van der Waals surface area contributed by atoms with Crippen LogP contribution >= 0.6 is 0 Å². The SMILES string of the molecule is CN(CCc1ccncc1)c1c(F)cc(CO)cc1F. The Bertz CT molecular complexity index is 552. The number of aliphatic hydroxyl groups is 1. The van der Waals surface area contributed by atoms with Crippen molar-refractivity contribution < 1.29 is 13.9 Å². The summed E-state index contributed by atoms with van der Waals surface area (Å²) in [5.41, 5.74) is 1.21. The van der Waals surface area contributed by atoms with E-state index in [9.17, 15) is 8.78 Å². The van der Waals surface area contributed by atoms with Gasteiger partial charge < -0.3 is 10.0 Å². The second-order valence-electron chi connectivity index (χ2n) is 4.59. The average Bonchev–Trinajstić information content (AvgIpc) is 2.45. The third kappa shape index (κ3) is 3.30. The molecule has 1 N–H and O–H groups in total. The Morgan fingerprint density at radius 1 is 1.10 bits per heavy atom. The maximum Gasteiger partial charge on any atom is 0.149 e. The maximum absolute atomic E-state index is 13.9. The predicted octanol–water partition coefficient (Wildman–Crippen LogP) is 2.53. The van der Waals surface area contributed by atoms with Gasteiger partial charge in [-0.2, -0.15) is 0 Å². The van der Waals surface area contributed by atoms with Gasteiger partial charge >= 0.3 is 0 Å². The van der Waals surface area contributed by atoms with E-state index in [2.05, 4.69) is 4.98 Å². The number of hydrogen-bond donors (Lipinski definition) is 1. The highest BCUT2D eigenvalue weighted by Crippen LogP contribution is 2.24. The molecule has 0 spiro atoms. The Morgan fingerprint density at radius 3 is 2.25 bits per heavy atom. The van der Waals surface area contributed by atoms with Gasteiger partial charge in [-0.3, -0.25) is 4.98 Å². The lowest BCUT2D eigenvalue weighted by Gasteiger charge is -2.21. The summed E-state index contributed by atoms with van der Waals surface area (Å²) >= 11 is 0. The van der Waals surface area contributed by atoms with Gasteiger partial charge in [0.25, 0.3) is 0 Å². The minimum absolute atomic E-state index is 0.0729. The number of benzene rings is 1. The van der Waals surface area contributed by atoms with Gasteiger partial charge in [0.05, 0.1) is 6.61 Å². The number of rotatable bonds is 5. The predicted molar refractivity (Wildman–Crippen MR) is 73.5 cm³/mol. The van der Waals surface area contributed by atoms with Gasteiger partial charge in [-0.1, -0.05) is 0 Å². The summed E-state index contributed by atoms with van der Waals surface area (Å²) in [6.07, 6.45) is 4.04. The molecule has 0 fully saturated rings. The molecule has 0 amide bonds. The minimum Gasteiger partial charge on any atom is -0.392 e. The van der Waals surface area contributed by atoms with Gasteiger partial charge in [-0.05, 0) is 41.8 Å². The van der Waals surface area contributed by atoms with E-state index in [1.54, 1.807) is 19.4 Å². The molecule has 1 aromatic heterocycles. The van der Waals surface area contributed by atoms with E-state index in [0.717, 1.165) is 17.7 Å². The number of pyridine rings is 1. The zero-order valence-corrected chi connectivity index (χ0v) is 11.2. The van der Waals surface area contributed by atoms with Crippen molar-refractivity contribution in [2.75, 3.05) is 18.5 Å². The van der Waals surface area contributed by atoms with Crippen LogP contribution in [-0.4, -0.2) is 23.7 Å². The summed E-state index contributed by atoms with van der Waals surface area (Å²) in [4.78, 5) is 5.45. The van der Waals surface area contributed by atoms with E-state index < -0.39 is 11.6 Å². The van der Waals surface area contributed by atoms with Crippen LogP contribution in [0.5, 0.6) is 0 Å². The third-order valence-electron chi connectivity index (χ3n) is 3.13. The van der Waals surface area contributed by atoms with Crippen molar-refractivity contribution in [3.05, 3.63) is 59.4 Å². The molecule has 0 unspecified atom stereocenters. The van der Waals surface area contributed by atoms with Gasteiger partial charge in [0.1, 0.15) is 17.3 Å². The molecule has 2 rings (SSSR count). The van der Waals surface area contributed by atoms with Crippen LogP contribution in [0.25, 0.3) is 0 Å². The number of likely N-dealkylation sites (N-methyl/N-ethyl adjacent to an activating group) is 1. The molecule has 0 aliphatic heterocycles. The topological polar surface area (TPSA) is 36.4 Å². The van der Waals surface area contributed by atoms with Crippen molar-refractivity contribution in [3.63, 3.8) is 0 Å². The Labute approximate surface area is 116 Å². The molecule has 1 heterocycles. The van der Waals surface area contributed by atoms with Crippen LogP contribution in [0.1, 0.15) is 11.1 Å². The largest absolute Gasteiger partial charge is 0.392 e.